The van der Waals surface area contributed by atoms with Gasteiger partial charge in [-0.15, -0.1) is 0 Å². The van der Waals surface area contributed by atoms with E-state index in [-0.39, 0.29) is 0 Å². The van der Waals surface area contributed by atoms with E-state index in [0.717, 1.165) is 153 Å². The van der Waals surface area contributed by atoms with E-state index in [0.29, 0.717) is 6.04 Å². The smallest absolute Gasteiger partial charge is 0.0724 e. The van der Waals surface area contributed by atoms with E-state index < -0.39 is 0 Å². The maximum absolute atomic E-state index is 5.40. The van der Waals surface area contributed by atoms with Crippen LogP contribution in [0.15, 0.2) is 109 Å². The lowest BCUT2D eigenvalue weighted by molar-refractivity contribution is -0.0231. The maximum Gasteiger partial charge on any atom is 0.0724 e. The lowest BCUT2D eigenvalue weighted by Crippen LogP contribution is -2.69. The molecule has 15 heterocycles. The SMILES string of the molecule is C1=CCNC=C1.C1CC2CCNC2C1.C1CC2CNCC1N2.C1CC2COCC2CN1.C1CCN2CCOCC2C1.C1CCNCC1.C1CN2CCOCC2CN1.C1CNCCN1.C1NCC12CNC2.c1ccc2c(c1)CCC2.c1ccc2c(c1)COC2.c1ccccc1. The molecule has 2 bridgehead atoms. The van der Waals surface area contributed by atoms with Crippen LogP contribution in [-0.2, 0) is 45.0 Å². The van der Waals surface area contributed by atoms with E-state index in [4.69, 9.17) is 18.9 Å². The largest absolute Gasteiger partial charge is 0.387 e. The first-order chi connectivity index (χ1) is 46.7. The molecule has 13 saturated heterocycles. The molecule has 0 amide bonds. The van der Waals surface area contributed by atoms with Crippen molar-refractivity contribution < 1.29 is 18.9 Å². The van der Waals surface area contributed by atoms with Gasteiger partial charge in [-0.3, -0.25) is 9.80 Å². The Morgan fingerprint density at radius 3 is 1.49 bits per heavy atom. The number of piperidine rings is 3. The molecule has 94 heavy (non-hydrogen) atoms. The fourth-order valence-corrected chi connectivity index (χ4v) is 15.2. The van der Waals surface area contributed by atoms with E-state index in [2.05, 4.69) is 111 Å². The normalized spacial score (nSPS) is 29.5. The van der Waals surface area contributed by atoms with Gasteiger partial charge in [0, 0.05) is 153 Å². The number of nitrogens with zero attached hydrogens (tertiary/aromatic N) is 2. The average Bonchev–Trinajstić information content (AvgIpc) is 1.19. The van der Waals surface area contributed by atoms with Crippen LogP contribution in [0.2, 0.25) is 0 Å². The van der Waals surface area contributed by atoms with Crippen LogP contribution < -0.4 is 58.5 Å². The zero-order valence-electron chi connectivity index (χ0n) is 58.1. The lowest BCUT2D eigenvalue weighted by atomic mass is 9.76. The van der Waals surface area contributed by atoms with Crippen LogP contribution in [0, 0.1) is 23.2 Å². The van der Waals surface area contributed by atoms with Gasteiger partial charge in [-0.05, 0) is 168 Å². The van der Waals surface area contributed by atoms with E-state index in [1.165, 1.54) is 205 Å². The quantitative estimate of drug-likeness (QED) is 0.116. The zero-order valence-corrected chi connectivity index (χ0v) is 58.1. The van der Waals surface area contributed by atoms with Gasteiger partial charge in [0.15, 0.2) is 0 Å². The predicted molar refractivity (Wildman–Crippen MR) is 388 cm³/mol. The number of fused-ring (bicyclic) bond motifs is 8. The summed E-state index contributed by atoms with van der Waals surface area (Å²) in [4.78, 5) is 5.09. The van der Waals surface area contributed by atoms with Crippen molar-refractivity contribution in [3.63, 3.8) is 0 Å². The molecular weight excluding hydrogens is 1170 g/mol. The molecule has 20 rings (SSSR count). The highest BCUT2D eigenvalue weighted by Crippen LogP contribution is 2.32. The number of aryl methyl sites for hydroxylation is 2. The van der Waals surface area contributed by atoms with Crippen LogP contribution in [0.3, 0.4) is 0 Å². The molecular formula is C77H129N13O4. The molecule has 8 atom stereocenters. The third-order valence-electron chi connectivity index (χ3n) is 21.2. The molecule has 17 aliphatic rings. The summed E-state index contributed by atoms with van der Waals surface area (Å²) in [5.74, 6) is 2.78. The number of nitrogens with one attached hydrogen (secondary N) is 11. The number of rotatable bonds is 0. The van der Waals surface area contributed by atoms with Crippen LogP contribution in [0.4, 0.5) is 0 Å². The number of benzene rings is 3. The van der Waals surface area contributed by atoms with Gasteiger partial charge < -0.3 is 77.4 Å². The first kappa shape index (κ1) is 74.5. The molecule has 0 aromatic heterocycles. The number of allylic oxidation sites excluding steroid dienone is 2. The summed E-state index contributed by atoms with van der Waals surface area (Å²) < 4.78 is 21.3. The molecule has 1 saturated carbocycles. The topological polar surface area (TPSA) is 176 Å². The summed E-state index contributed by atoms with van der Waals surface area (Å²) in [7, 11) is 0. The van der Waals surface area contributed by atoms with Crippen molar-refractivity contribution in [1.82, 2.24) is 68.3 Å². The van der Waals surface area contributed by atoms with Gasteiger partial charge in [0.2, 0.25) is 0 Å². The molecule has 526 valence electrons. The molecule has 0 radical (unpaired) electrons. The first-order valence-corrected chi connectivity index (χ1v) is 37.8. The van der Waals surface area contributed by atoms with Crippen molar-refractivity contribution in [3.8, 4) is 0 Å². The van der Waals surface area contributed by atoms with Crippen LogP contribution >= 0.6 is 0 Å². The Balaban J connectivity index is 0.000000121. The summed E-state index contributed by atoms with van der Waals surface area (Å²) >= 11 is 0. The van der Waals surface area contributed by atoms with Crippen LogP contribution in [-0.4, -0.2) is 224 Å². The highest BCUT2D eigenvalue weighted by molar-refractivity contribution is 5.30. The number of hydrogen-bond acceptors (Lipinski definition) is 17. The van der Waals surface area contributed by atoms with E-state index in [1.54, 1.807) is 11.1 Å². The zero-order chi connectivity index (χ0) is 64.4. The molecule has 11 N–H and O–H groups in total. The van der Waals surface area contributed by atoms with Crippen molar-refractivity contribution in [2.24, 2.45) is 23.2 Å². The highest BCUT2D eigenvalue weighted by atomic mass is 16.5. The van der Waals surface area contributed by atoms with Crippen LogP contribution in [0.1, 0.15) is 112 Å². The molecule has 14 fully saturated rings. The molecule has 17 nitrogen and oxygen atoms in total. The van der Waals surface area contributed by atoms with Crippen molar-refractivity contribution >= 4 is 0 Å². The third kappa shape index (κ3) is 28.3. The van der Waals surface area contributed by atoms with E-state index >= 15 is 0 Å². The summed E-state index contributed by atoms with van der Waals surface area (Å²) in [6.45, 7) is 33.6. The average molecular weight is 1300 g/mol. The van der Waals surface area contributed by atoms with Crippen LogP contribution in [0.5, 0.6) is 0 Å². The van der Waals surface area contributed by atoms with Gasteiger partial charge in [0.25, 0.3) is 0 Å². The van der Waals surface area contributed by atoms with Crippen molar-refractivity contribution in [1.29, 1.82) is 0 Å². The van der Waals surface area contributed by atoms with Gasteiger partial charge in [-0.2, -0.15) is 0 Å². The molecule has 8 unspecified atom stereocenters. The number of dihydropyridines is 1. The molecule has 15 aliphatic heterocycles. The minimum atomic E-state index is 0.655. The fraction of sp³-hybridized carbons (Fsp3) is 0.714. The maximum atomic E-state index is 5.40. The second-order valence-corrected chi connectivity index (χ2v) is 28.4. The van der Waals surface area contributed by atoms with Crippen molar-refractivity contribution in [2.45, 2.75) is 146 Å². The Morgan fingerprint density at radius 1 is 0.383 bits per heavy atom. The highest BCUT2D eigenvalue weighted by Gasteiger charge is 2.42. The number of hydrogen-bond donors (Lipinski definition) is 11. The summed E-state index contributed by atoms with van der Waals surface area (Å²) in [6, 6.07) is 33.0. The molecule has 17 heteroatoms. The minimum Gasteiger partial charge on any atom is -0.387 e. The summed E-state index contributed by atoms with van der Waals surface area (Å²) in [5, 5.41) is 36.4. The Kier molecular flexibility index (Phi) is 36.3. The fourth-order valence-electron chi connectivity index (χ4n) is 15.2. The van der Waals surface area contributed by atoms with Crippen LogP contribution in [0.25, 0.3) is 0 Å². The Bertz CT molecular complexity index is 2130. The first-order valence-electron chi connectivity index (χ1n) is 37.8. The number of piperazine rings is 3. The summed E-state index contributed by atoms with van der Waals surface area (Å²) in [6.07, 6.45) is 30.3. The molecule has 3 aromatic rings. The van der Waals surface area contributed by atoms with Crippen molar-refractivity contribution in [3.05, 3.63) is 132 Å². The molecule has 3 aromatic carbocycles. The molecule has 2 aliphatic carbocycles. The monoisotopic (exact) mass is 1300 g/mol. The van der Waals surface area contributed by atoms with Gasteiger partial charge in [-0.25, -0.2) is 0 Å². The second-order valence-electron chi connectivity index (χ2n) is 28.4. The van der Waals surface area contributed by atoms with Gasteiger partial charge in [0.05, 0.1) is 46.2 Å². The van der Waals surface area contributed by atoms with E-state index in [9.17, 15) is 0 Å². The molecule has 1 spiro atoms. The van der Waals surface area contributed by atoms with E-state index in [1.807, 2.05) is 66.9 Å². The summed E-state index contributed by atoms with van der Waals surface area (Å²) in [5.41, 5.74) is 6.55. The van der Waals surface area contributed by atoms with Gasteiger partial charge >= 0.3 is 0 Å². The Morgan fingerprint density at radius 2 is 0.989 bits per heavy atom. The van der Waals surface area contributed by atoms with Gasteiger partial charge in [-0.1, -0.05) is 116 Å². The standard InChI is InChI=1S/C9H10.C8H15NO.C8H8O.C7H14N2O.C7H13NO.C7H13N.C6H12N2.C6H6.C5H10N2.C5H11N.C5H7N.C4H10N2/c1-2-5-9-7-3-6-8(9)4-1;1-2-4-9-5-6-10-7-8(9)3-1;1-2-4-8-6-9-5-7(8)3-1;1-2-9-3-4-10-6-7(9)5-8-1;1-2-8-3-7-5-9-4-6(1)7;1-2-6-4-5-8-7(6)3-1;1-2-6-4-7-3-5(1)8-6;1-2-4-6-5-3-1;1-5(2-6-1)3-7-4-5;2*1-2-4-6-5-3-1;1-2-6-4-3-5-1/h1-2,4-5H,3,6-7H2;8H,1-7H2;1-4H,5-6H2;7-8H,1-6H2;6-8H,1-5H2;6-8H,1-5H2;5-8H,1-4H2;1-6H;6-7H,1-4H2;6H,1-5H2;1-4,6H,5H2;5-6H,1-4H2. The third-order valence-corrected chi connectivity index (χ3v) is 21.2. The number of ether oxygens (including phenoxy) is 4. The Labute approximate surface area is 569 Å². The van der Waals surface area contributed by atoms with Gasteiger partial charge in [0.1, 0.15) is 0 Å². The lowest BCUT2D eigenvalue weighted by Gasteiger charge is -2.50. The second kappa shape index (κ2) is 45.8. The predicted octanol–water partition coefficient (Wildman–Crippen LogP) is 6.62. The Hall–Kier alpha value is -3.70. The number of morpholine rings is 2. The minimum absolute atomic E-state index is 0.655. The van der Waals surface area contributed by atoms with Crippen molar-refractivity contribution in [2.75, 3.05) is 184 Å².